The topological polar surface area (TPSA) is 53.4 Å². The molecule has 1 saturated heterocycles. The van der Waals surface area contributed by atoms with Crippen LogP contribution in [-0.2, 0) is 0 Å². The maximum atomic E-state index is 11.4. The lowest BCUT2D eigenvalue weighted by Gasteiger charge is -2.32. The molecule has 98 valence electrons. The first-order chi connectivity index (χ1) is 8.49. The van der Waals surface area contributed by atoms with Crippen LogP contribution in [0.2, 0.25) is 0 Å². The average molecular weight is 248 g/mol. The third kappa shape index (κ3) is 2.47. The zero-order valence-electron chi connectivity index (χ0n) is 11.2. The van der Waals surface area contributed by atoms with Gasteiger partial charge in [-0.25, -0.2) is 9.78 Å². The van der Waals surface area contributed by atoms with Gasteiger partial charge in [0.05, 0.1) is 0 Å². The van der Waals surface area contributed by atoms with E-state index in [0.717, 1.165) is 43.1 Å². The second-order valence-corrected chi connectivity index (χ2v) is 5.25. The highest BCUT2D eigenvalue weighted by atomic mass is 16.4. The maximum absolute atomic E-state index is 11.4. The molecule has 1 N–H and O–H groups in total. The summed E-state index contributed by atoms with van der Waals surface area (Å²) in [6, 6.07) is 1.83. The van der Waals surface area contributed by atoms with Gasteiger partial charge in [0.15, 0.2) is 0 Å². The number of aromatic nitrogens is 1. The van der Waals surface area contributed by atoms with Crippen LogP contribution in [0.3, 0.4) is 0 Å². The van der Waals surface area contributed by atoms with E-state index in [1.165, 1.54) is 0 Å². The van der Waals surface area contributed by atoms with E-state index in [1.807, 2.05) is 19.9 Å². The highest BCUT2D eigenvalue weighted by Gasteiger charge is 2.23. The average Bonchev–Trinajstić information content (AvgIpc) is 2.28. The van der Waals surface area contributed by atoms with Crippen molar-refractivity contribution in [2.45, 2.75) is 33.6 Å². The van der Waals surface area contributed by atoms with Crippen molar-refractivity contribution in [2.24, 2.45) is 5.92 Å². The fourth-order valence-corrected chi connectivity index (χ4v) is 2.53. The van der Waals surface area contributed by atoms with E-state index in [9.17, 15) is 9.90 Å². The Labute approximate surface area is 108 Å². The van der Waals surface area contributed by atoms with Gasteiger partial charge in [-0.3, -0.25) is 0 Å². The monoisotopic (exact) mass is 248 g/mol. The molecule has 0 spiro atoms. The predicted octanol–water partition coefficient (Wildman–Crippen LogP) is 2.63. The van der Waals surface area contributed by atoms with Gasteiger partial charge in [-0.2, -0.15) is 0 Å². The number of hydrogen-bond donors (Lipinski definition) is 1. The van der Waals surface area contributed by atoms with E-state index >= 15 is 0 Å². The molecule has 0 bridgehead atoms. The Kier molecular flexibility index (Phi) is 3.55. The minimum absolute atomic E-state index is 0.357. The number of carboxylic acids is 1. The number of anilines is 1. The Morgan fingerprint density at radius 2 is 2.00 bits per heavy atom. The molecule has 0 atom stereocenters. The van der Waals surface area contributed by atoms with Crippen molar-refractivity contribution in [2.75, 3.05) is 18.0 Å². The first-order valence-electron chi connectivity index (χ1n) is 6.45. The van der Waals surface area contributed by atoms with Crippen LogP contribution in [0, 0.1) is 19.8 Å². The predicted molar refractivity (Wildman–Crippen MR) is 71.3 cm³/mol. The van der Waals surface area contributed by atoms with E-state index in [0.29, 0.717) is 11.4 Å². The van der Waals surface area contributed by atoms with Gasteiger partial charge in [0.1, 0.15) is 11.4 Å². The molecule has 1 aromatic heterocycles. The van der Waals surface area contributed by atoms with Crippen LogP contribution in [0.15, 0.2) is 6.07 Å². The minimum Gasteiger partial charge on any atom is -0.478 e. The van der Waals surface area contributed by atoms with Crippen molar-refractivity contribution in [1.29, 1.82) is 0 Å². The first-order valence-corrected chi connectivity index (χ1v) is 6.45. The molecule has 1 aliphatic rings. The summed E-state index contributed by atoms with van der Waals surface area (Å²) in [4.78, 5) is 18.0. The SMILES string of the molecule is Cc1cc(C)c(C(=O)O)c(N2CCC(C)CC2)n1. The second kappa shape index (κ2) is 4.96. The molecule has 2 rings (SSSR count). The summed E-state index contributed by atoms with van der Waals surface area (Å²) in [7, 11) is 0. The smallest absolute Gasteiger partial charge is 0.339 e. The van der Waals surface area contributed by atoms with E-state index < -0.39 is 5.97 Å². The molecule has 0 unspecified atom stereocenters. The van der Waals surface area contributed by atoms with Crippen molar-refractivity contribution < 1.29 is 9.90 Å². The number of aryl methyl sites for hydroxylation is 2. The number of pyridine rings is 1. The summed E-state index contributed by atoms with van der Waals surface area (Å²) in [5.41, 5.74) is 2.03. The van der Waals surface area contributed by atoms with Gasteiger partial charge < -0.3 is 10.0 Å². The molecule has 0 amide bonds. The summed E-state index contributed by atoms with van der Waals surface area (Å²) < 4.78 is 0. The van der Waals surface area contributed by atoms with E-state index in [1.54, 1.807) is 0 Å². The highest BCUT2D eigenvalue weighted by Crippen LogP contribution is 2.27. The van der Waals surface area contributed by atoms with Crippen molar-refractivity contribution >= 4 is 11.8 Å². The van der Waals surface area contributed by atoms with Crippen molar-refractivity contribution in [1.82, 2.24) is 4.98 Å². The Morgan fingerprint density at radius 3 is 2.56 bits per heavy atom. The van der Waals surface area contributed by atoms with Crippen molar-refractivity contribution in [3.63, 3.8) is 0 Å². The summed E-state index contributed by atoms with van der Waals surface area (Å²) in [5, 5.41) is 9.35. The third-order valence-electron chi connectivity index (χ3n) is 3.62. The molecule has 2 heterocycles. The maximum Gasteiger partial charge on any atom is 0.339 e. The fourth-order valence-electron chi connectivity index (χ4n) is 2.53. The van der Waals surface area contributed by atoms with E-state index in [2.05, 4.69) is 16.8 Å². The van der Waals surface area contributed by atoms with Crippen LogP contribution in [0.1, 0.15) is 41.4 Å². The van der Waals surface area contributed by atoms with Gasteiger partial charge in [0, 0.05) is 18.8 Å². The van der Waals surface area contributed by atoms with Gasteiger partial charge in [0.2, 0.25) is 0 Å². The number of aromatic carboxylic acids is 1. The number of nitrogens with zero attached hydrogens (tertiary/aromatic N) is 2. The lowest BCUT2D eigenvalue weighted by molar-refractivity contribution is 0.0696. The summed E-state index contributed by atoms with van der Waals surface area (Å²) in [6.45, 7) is 7.79. The quantitative estimate of drug-likeness (QED) is 0.874. The van der Waals surface area contributed by atoms with Crippen LogP contribution < -0.4 is 4.90 Å². The summed E-state index contributed by atoms with van der Waals surface area (Å²) in [6.07, 6.45) is 2.21. The van der Waals surface area contributed by atoms with Gasteiger partial charge in [-0.05, 0) is 44.2 Å². The van der Waals surface area contributed by atoms with Gasteiger partial charge in [-0.15, -0.1) is 0 Å². The molecular weight excluding hydrogens is 228 g/mol. The zero-order chi connectivity index (χ0) is 13.3. The standard InChI is InChI=1S/C14H20N2O2/c1-9-4-6-16(7-5-9)13-12(14(17)18)10(2)8-11(3)15-13/h8-9H,4-7H2,1-3H3,(H,17,18). The van der Waals surface area contributed by atoms with E-state index in [-0.39, 0.29) is 0 Å². The Balaban J connectivity index is 2.39. The second-order valence-electron chi connectivity index (χ2n) is 5.25. The van der Waals surface area contributed by atoms with Crippen LogP contribution in [0.5, 0.6) is 0 Å². The normalized spacial score (nSPS) is 16.9. The molecule has 0 aliphatic carbocycles. The number of carbonyl (C=O) groups is 1. The van der Waals surface area contributed by atoms with Gasteiger partial charge >= 0.3 is 5.97 Å². The summed E-state index contributed by atoms with van der Waals surface area (Å²) in [5.74, 6) is 0.487. The first kappa shape index (κ1) is 12.9. The molecule has 1 fully saturated rings. The lowest BCUT2D eigenvalue weighted by atomic mass is 9.98. The molecular formula is C14H20N2O2. The van der Waals surface area contributed by atoms with Crippen LogP contribution in [0.4, 0.5) is 5.82 Å². The zero-order valence-corrected chi connectivity index (χ0v) is 11.2. The van der Waals surface area contributed by atoms with Gasteiger partial charge in [0.25, 0.3) is 0 Å². The molecule has 0 aromatic carbocycles. The molecule has 0 saturated carbocycles. The molecule has 18 heavy (non-hydrogen) atoms. The third-order valence-corrected chi connectivity index (χ3v) is 3.62. The fraction of sp³-hybridized carbons (Fsp3) is 0.571. The largest absolute Gasteiger partial charge is 0.478 e. The molecule has 0 radical (unpaired) electrons. The van der Waals surface area contributed by atoms with Crippen LogP contribution in [-0.4, -0.2) is 29.1 Å². The Morgan fingerprint density at radius 1 is 1.39 bits per heavy atom. The number of hydrogen-bond acceptors (Lipinski definition) is 3. The van der Waals surface area contributed by atoms with Crippen molar-refractivity contribution in [3.05, 3.63) is 22.9 Å². The molecule has 1 aliphatic heterocycles. The molecule has 1 aromatic rings. The van der Waals surface area contributed by atoms with Gasteiger partial charge in [-0.1, -0.05) is 6.92 Å². The van der Waals surface area contributed by atoms with Crippen LogP contribution in [0.25, 0.3) is 0 Å². The lowest BCUT2D eigenvalue weighted by Crippen LogP contribution is -2.35. The number of carboxylic acid groups (broad SMARTS) is 1. The summed E-state index contributed by atoms with van der Waals surface area (Å²) >= 11 is 0. The number of rotatable bonds is 2. The van der Waals surface area contributed by atoms with E-state index in [4.69, 9.17) is 0 Å². The molecule has 4 heteroatoms. The van der Waals surface area contributed by atoms with Crippen LogP contribution >= 0.6 is 0 Å². The Hall–Kier alpha value is -1.58. The van der Waals surface area contributed by atoms with Crippen molar-refractivity contribution in [3.8, 4) is 0 Å². The number of piperidine rings is 1. The minimum atomic E-state index is -0.881. The molecule has 4 nitrogen and oxygen atoms in total. The Bertz CT molecular complexity index is 463. The highest BCUT2D eigenvalue weighted by molar-refractivity contribution is 5.95.